The first-order valence-corrected chi connectivity index (χ1v) is 16.6. The molecule has 0 nitrogen and oxygen atoms in total. The zero-order valence-electron chi connectivity index (χ0n) is 26.9. The van der Waals surface area contributed by atoms with Gasteiger partial charge in [-0.2, -0.15) is 52.7 Å². The van der Waals surface area contributed by atoms with Gasteiger partial charge in [-0.3, -0.25) is 0 Å². The van der Waals surface area contributed by atoms with Crippen LogP contribution in [-0.4, -0.2) is 24.7 Å². The first-order chi connectivity index (χ1) is 20.3. The van der Waals surface area contributed by atoms with Gasteiger partial charge in [0, 0.05) is 0 Å². The van der Waals surface area contributed by atoms with Crippen LogP contribution in [-0.2, 0) is 0 Å². The Balaban J connectivity index is 0.000000194. The molecule has 0 aromatic heterocycles. The average molecular weight is 675 g/mol. The summed E-state index contributed by atoms with van der Waals surface area (Å²) < 4.78 is 153. The molecule has 0 aliphatic heterocycles. The van der Waals surface area contributed by atoms with Gasteiger partial charge in [-0.1, -0.05) is 40.5 Å². The molecule has 0 saturated heterocycles. The summed E-state index contributed by atoms with van der Waals surface area (Å²) in [4.78, 5) is 0. The summed E-state index contributed by atoms with van der Waals surface area (Å²) in [5.41, 5.74) is -6.47. The van der Waals surface area contributed by atoms with Crippen molar-refractivity contribution < 1.29 is 52.7 Å². The van der Waals surface area contributed by atoms with E-state index < -0.39 is 61.2 Å². The maximum Gasteiger partial charge on any atom is 0.403 e. The Bertz CT molecular complexity index is 891. The van der Waals surface area contributed by atoms with Gasteiger partial charge < -0.3 is 0 Å². The quantitative estimate of drug-likeness (QED) is 0.224. The van der Waals surface area contributed by atoms with E-state index in [9.17, 15) is 52.7 Å². The van der Waals surface area contributed by atoms with E-state index in [0.29, 0.717) is 5.92 Å². The number of alkyl halides is 12. The Morgan fingerprint density at radius 1 is 0.422 bits per heavy atom. The Hall–Kier alpha value is -0.840. The fraction of sp³-hybridized carbons (Fsp3) is 1.00. The normalized spacial score (nSPS) is 32.3. The van der Waals surface area contributed by atoms with Crippen molar-refractivity contribution in [3.8, 4) is 0 Å². The molecule has 1 spiro atoms. The summed E-state index contributed by atoms with van der Waals surface area (Å²) in [6, 6.07) is 0. The van der Waals surface area contributed by atoms with Crippen LogP contribution < -0.4 is 0 Å². The van der Waals surface area contributed by atoms with Gasteiger partial charge in [0.2, 0.25) is 0 Å². The summed E-state index contributed by atoms with van der Waals surface area (Å²) in [5.74, 6) is 2.61. The minimum absolute atomic E-state index is 0.0149. The monoisotopic (exact) mass is 674 g/mol. The van der Waals surface area contributed by atoms with Crippen molar-refractivity contribution in [1.29, 1.82) is 0 Å². The molecule has 0 aromatic carbocycles. The molecule has 6 aliphatic rings. The maximum atomic E-state index is 13.0. The van der Waals surface area contributed by atoms with Crippen molar-refractivity contribution in [3.05, 3.63) is 0 Å². The fourth-order valence-corrected chi connectivity index (χ4v) is 8.64. The van der Waals surface area contributed by atoms with Gasteiger partial charge in [0.1, 0.15) is 0 Å². The smallest absolute Gasteiger partial charge is 0.170 e. The molecule has 6 aliphatic carbocycles. The van der Waals surface area contributed by atoms with Crippen LogP contribution in [0.3, 0.4) is 0 Å². The van der Waals surface area contributed by atoms with Gasteiger partial charge in [-0.15, -0.1) is 0 Å². The lowest BCUT2D eigenvalue weighted by Gasteiger charge is -2.49. The number of rotatable bonds is 0. The predicted molar refractivity (Wildman–Crippen MR) is 149 cm³/mol. The van der Waals surface area contributed by atoms with Gasteiger partial charge in [0.25, 0.3) is 0 Å². The highest BCUT2D eigenvalue weighted by Gasteiger charge is 2.72. The molecule has 0 N–H and O–H groups in total. The van der Waals surface area contributed by atoms with Crippen LogP contribution >= 0.6 is 0 Å². The molecule has 0 amide bonds. The SMILES string of the molecule is CC1CCC(C(F)(F)F)(C(F)(F)F)CC1.CC1CCC2(CC1)CCC(C(F)(F)F)(C(F)(F)F)CC2.C[C@H]1CC2CCC1(C)CC2. The lowest BCUT2D eigenvalue weighted by Crippen LogP contribution is -2.53. The van der Waals surface area contributed by atoms with Crippen molar-refractivity contribution in [3.63, 3.8) is 0 Å². The second-order valence-corrected chi connectivity index (χ2v) is 15.8. The topological polar surface area (TPSA) is 0 Å². The third kappa shape index (κ3) is 8.07. The van der Waals surface area contributed by atoms with E-state index in [0.717, 1.165) is 42.9 Å². The second kappa shape index (κ2) is 13.2. The van der Waals surface area contributed by atoms with Gasteiger partial charge in [-0.25, -0.2) is 0 Å². The minimum Gasteiger partial charge on any atom is -0.170 e. The predicted octanol–water partition coefficient (Wildman–Crippen LogP) is 13.4. The van der Waals surface area contributed by atoms with E-state index >= 15 is 0 Å². The van der Waals surface area contributed by atoms with Crippen LogP contribution in [0, 0.1) is 45.3 Å². The average Bonchev–Trinajstić information content (AvgIpc) is 2.90. The number of halogens is 12. The molecular formula is C33H50F12. The van der Waals surface area contributed by atoms with E-state index in [4.69, 9.17) is 0 Å². The van der Waals surface area contributed by atoms with Crippen molar-refractivity contribution in [2.75, 3.05) is 0 Å². The van der Waals surface area contributed by atoms with Gasteiger partial charge in [-0.05, 0) is 131 Å². The van der Waals surface area contributed by atoms with Gasteiger partial charge in [0.05, 0.1) is 0 Å². The molecule has 0 heterocycles. The zero-order valence-corrected chi connectivity index (χ0v) is 26.9. The second-order valence-electron chi connectivity index (χ2n) is 15.8. The molecule has 0 unspecified atom stereocenters. The molecule has 266 valence electrons. The molecule has 12 heteroatoms. The highest BCUT2D eigenvalue weighted by Crippen LogP contribution is 2.63. The first-order valence-electron chi connectivity index (χ1n) is 16.6. The van der Waals surface area contributed by atoms with Crippen LogP contribution in [0.25, 0.3) is 0 Å². The molecule has 45 heavy (non-hydrogen) atoms. The van der Waals surface area contributed by atoms with E-state index in [-0.39, 0.29) is 37.0 Å². The maximum absolute atomic E-state index is 13.0. The molecule has 0 aromatic rings. The number of fused-ring (bicyclic) bond motifs is 3. The van der Waals surface area contributed by atoms with Crippen molar-refractivity contribution in [1.82, 2.24) is 0 Å². The molecule has 1 atom stereocenters. The van der Waals surface area contributed by atoms with Crippen molar-refractivity contribution in [2.45, 2.75) is 162 Å². The molecule has 2 bridgehead atoms. The van der Waals surface area contributed by atoms with Crippen LogP contribution in [0.4, 0.5) is 52.7 Å². The van der Waals surface area contributed by atoms with E-state index in [1.54, 1.807) is 6.92 Å². The summed E-state index contributed by atoms with van der Waals surface area (Å²) in [5, 5.41) is 0. The molecular weight excluding hydrogens is 624 g/mol. The largest absolute Gasteiger partial charge is 0.403 e. The first kappa shape index (κ1) is 38.6. The minimum atomic E-state index is -5.20. The Morgan fingerprint density at radius 3 is 1.04 bits per heavy atom. The summed E-state index contributed by atoms with van der Waals surface area (Å²) in [6.07, 6.45) is -13.0. The third-order valence-electron chi connectivity index (χ3n) is 12.9. The zero-order chi connectivity index (χ0) is 34.3. The Labute approximate surface area is 259 Å². The Kier molecular flexibility index (Phi) is 11.3. The fourth-order valence-electron chi connectivity index (χ4n) is 8.64. The molecule has 6 rings (SSSR count). The Morgan fingerprint density at radius 2 is 0.756 bits per heavy atom. The van der Waals surface area contributed by atoms with Crippen LogP contribution in [0.1, 0.15) is 137 Å². The van der Waals surface area contributed by atoms with E-state index in [1.165, 1.54) is 32.1 Å². The lowest BCUT2D eigenvalue weighted by atomic mass is 9.57. The third-order valence-corrected chi connectivity index (χ3v) is 12.9. The molecule has 6 fully saturated rings. The highest BCUT2D eigenvalue weighted by molar-refractivity contribution is 5.01. The van der Waals surface area contributed by atoms with Crippen molar-refractivity contribution >= 4 is 0 Å². The van der Waals surface area contributed by atoms with E-state index in [2.05, 4.69) is 20.8 Å². The van der Waals surface area contributed by atoms with Crippen LogP contribution in [0.2, 0.25) is 0 Å². The van der Waals surface area contributed by atoms with Crippen LogP contribution in [0.15, 0.2) is 0 Å². The van der Waals surface area contributed by atoms with Gasteiger partial charge in [0.15, 0.2) is 10.8 Å². The summed E-state index contributed by atoms with van der Waals surface area (Å²) >= 11 is 0. The summed E-state index contributed by atoms with van der Waals surface area (Å²) in [6.45, 7) is 8.71. The van der Waals surface area contributed by atoms with E-state index in [1.807, 2.05) is 0 Å². The van der Waals surface area contributed by atoms with Crippen LogP contribution in [0.5, 0.6) is 0 Å². The number of hydrogen-bond acceptors (Lipinski definition) is 0. The summed E-state index contributed by atoms with van der Waals surface area (Å²) in [7, 11) is 0. The highest BCUT2D eigenvalue weighted by atomic mass is 19.4. The number of hydrogen-bond donors (Lipinski definition) is 0. The lowest BCUT2D eigenvalue weighted by molar-refractivity contribution is -0.354. The standard InChI is InChI=1S/C14H20F6.C10H18.C9H12F6/c1-10-2-4-11(5-3-10)6-8-12(9-7-11,13(15,16)17)14(18,19)20;1-8-7-9-3-5-10(8,2)6-4-9;1-6-2-4-7(5-3-6,8(10,11)12)9(13,14)15/h10H,2-9H2,1H3;8-9H,3-7H2,1-2H3;6H,2-5H2,1H3/t;8-,9?,10?;/m.0./s1. The molecule has 0 radical (unpaired) electrons. The van der Waals surface area contributed by atoms with Crippen molar-refractivity contribution in [2.24, 2.45) is 45.3 Å². The van der Waals surface area contributed by atoms with Gasteiger partial charge >= 0.3 is 24.7 Å². The molecule has 6 saturated carbocycles.